The number of aliphatic hydroxyl groups excluding tert-OH is 1. The lowest BCUT2D eigenvalue weighted by molar-refractivity contribution is 0.0802. The normalized spacial score (nSPS) is 17.1. The number of para-hydroxylation sites is 2. The van der Waals surface area contributed by atoms with E-state index in [1.54, 1.807) is 0 Å². The van der Waals surface area contributed by atoms with Crippen LogP contribution < -0.4 is 9.47 Å². The van der Waals surface area contributed by atoms with Gasteiger partial charge in [-0.3, -0.25) is 0 Å². The van der Waals surface area contributed by atoms with Gasteiger partial charge in [0.1, 0.15) is 19.3 Å². The molecule has 1 aliphatic rings. The molecule has 3 nitrogen and oxygen atoms in total. The monoisotopic (exact) mass is 166 g/mol. The maximum absolute atomic E-state index is 9.21. The van der Waals surface area contributed by atoms with Crippen LogP contribution in [0, 0.1) is 0 Å². The molecule has 1 aromatic carbocycles. The zero-order valence-corrected chi connectivity index (χ0v) is 6.56. The highest BCUT2D eigenvalue weighted by Gasteiger charge is 2.14. The first-order valence-corrected chi connectivity index (χ1v) is 3.89. The molecule has 1 N–H and O–H groups in total. The number of aliphatic hydroxyl groups is 1. The first-order chi connectivity index (χ1) is 5.86. The van der Waals surface area contributed by atoms with E-state index in [1.807, 2.05) is 24.3 Å². The van der Waals surface area contributed by atoms with Crippen molar-refractivity contribution < 1.29 is 14.6 Å². The first kappa shape index (κ1) is 7.43. The van der Waals surface area contributed by atoms with Gasteiger partial charge >= 0.3 is 0 Å². The minimum atomic E-state index is -0.530. The van der Waals surface area contributed by atoms with Crippen molar-refractivity contribution in [3.63, 3.8) is 0 Å². The summed E-state index contributed by atoms with van der Waals surface area (Å²) in [5, 5.41) is 9.21. The van der Waals surface area contributed by atoms with Crippen molar-refractivity contribution in [1.82, 2.24) is 0 Å². The van der Waals surface area contributed by atoms with E-state index in [2.05, 4.69) is 0 Å². The summed E-state index contributed by atoms with van der Waals surface area (Å²) in [6.45, 7) is 0.605. The molecule has 0 saturated heterocycles. The van der Waals surface area contributed by atoms with Crippen molar-refractivity contribution in [3.05, 3.63) is 24.3 Å². The van der Waals surface area contributed by atoms with Crippen LogP contribution in [-0.2, 0) is 0 Å². The van der Waals surface area contributed by atoms with E-state index < -0.39 is 6.10 Å². The second-order valence-electron chi connectivity index (χ2n) is 2.72. The van der Waals surface area contributed by atoms with Crippen LogP contribution in [0.1, 0.15) is 0 Å². The third-order valence-electron chi connectivity index (χ3n) is 1.71. The highest BCUT2D eigenvalue weighted by Crippen LogP contribution is 2.28. The second kappa shape index (κ2) is 3.03. The molecular weight excluding hydrogens is 156 g/mol. The van der Waals surface area contributed by atoms with Crippen molar-refractivity contribution >= 4 is 0 Å². The Bertz CT molecular complexity index is 245. The minimum absolute atomic E-state index is 0.303. The zero-order chi connectivity index (χ0) is 8.39. The van der Waals surface area contributed by atoms with E-state index in [1.165, 1.54) is 0 Å². The van der Waals surface area contributed by atoms with Crippen LogP contribution in [0.4, 0.5) is 0 Å². The number of hydrogen-bond donors (Lipinski definition) is 1. The van der Waals surface area contributed by atoms with E-state index in [9.17, 15) is 5.11 Å². The molecule has 0 radical (unpaired) electrons. The molecule has 0 atom stereocenters. The van der Waals surface area contributed by atoms with E-state index in [0.717, 1.165) is 0 Å². The molecule has 0 fully saturated rings. The van der Waals surface area contributed by atoms with Crippen LogP contribution >= 0.6 is 0 Å². The smallest absolute Gasteiger partial charge is 0.161 e. The molecule has 0 spiro atoms. The van der Waals surface area contributed by atoms with Gasteiger partial charge in [-0.15, -0.1) is 0 Å². The topological polar surface area (TPSA) is 38.7 Å². The van der Waals surface area contributed by atoms with Gasteiger partial charge in [0.05, 0.1) is 0 Å². The van der Waals surface area contributed by atoms with Crippen molar-refractivity contribution in [3.8, 4) is 11.5 Å². The molecule has 0 saturated carbocycles. The maximum atomic E-state index is 9.21. The van der Waals surface area contributed by atoms with Crippen molar-refractivity contribution in [2.24, 2.45) is 0 Å². The van der Waals surface area contributed by atoms with E-state index in [-0.39, 0.29) is 0 Å². The summed E-state index contributed by atoms with van der Waals surface area (Å²) >= 11 is 0. The van der Waals surface area contributed by atoms with Gasteiger partial charge in [-0.1, -0.05) is 12.1 Å². The van der Waals surface area contributed by atoms with Gasteiger partial charge in [0.15, 0.2) is 11.5 Å². The van der Waals surface area contributed by atoms with Crippen LogP contribution in [-0.4, -0.2) is 24.4 Å². The third-order valence-corrected chi connectivity index (χ3v) is 1.71. The van der Waals surface area contributed by atoms with Crippen LogP contribution in [0.2, 0.25) is 0 Å². The molecule has 0 unspecified atom stereocenters. The summed E-state index contributed by atoms with van der Waals surface area (Å²) in [5.74, 6) is 1.41. The highest BCUT2D eigenvalue weighted by molar-refractivity contribution is 5.39. The largest absolute Gasteiger partial charge is 0.487 e. The SMILES string of the molecule is OC1COc2ccccc2OC1. The molecule has 2 rings (SSSR count). The molecule has 12 heavy (non-hydrogen) atoms. The van der Waals surface area contributed by atoms with Gasteiger partial charge in [0.25, 0.3) is 0 Å². The molecule has 3 heteroatoms. The number of ether oxygens (including phenoxy) is 2. The Morgan fingerprint density at radius 3 is 2.08 bits per heavy atom. The Labute approximate surface area is 70.5 Å². The molecule has 64 valence electrons. The number of benzene rings is 1. The highest BCUT2D eigenvalue weighted by atomic mass is 16.5. The maximum Gasteiger partial charge on any atom is 0.161 e. The van der Waals surface area contributed by atoms with Crippen LogP contribution in [0.25, 0.3) is 0 Å². The van der Waals surface area contributed by atoms with Crippen LogP contribution in [0.15, 0.2) is 24.3 Å². The lowest BCUT2D eigenvalue weighted by Crippen LogP contribution is -2.21. The van der Waals surface area contributed by atoms with Crippen LogP contribution in [0.5, 0.6) is 11.5 Å². The number of fused-ring (bicyclic) bond motifs is 1. The zero-order valence-electron chi connectivity index (χ0n) is 6.56. The molecule has 1 aromatic rings. The fourth-order valence-corrected chi connectivity index (χ4v) is 1.11. The Kier molecular flexibility index (Phi) is 1.87. The average Bonchev–Trinajstić information content (AvgIpc) is 2.29. The quantitative estimate of drug-likeness (QED) is 0.620. The van der Waals surface area contributed by atoms with E-state index in [4.69, 9.17) is 9.47 Å². The minimum Gasteiger partial charge on any atom is -0.487 e. The summed E-state index contributed by atoms with van der Waals surface area (Å²) in [7, 11) is 0. The first-order valence-electron chi connectivity index (χ1n) is 3.89. The summed E-state index contributed by atoms with van der Waals surface area (Å²) in [4.78, 5) is 0. The summed E-state index contributed by atoms with van der Waals surface area (Å²) in [5.41, 5.74) is 0. The third kappa shape index (κ3) is 1.36. The van der Waals surface area contributed by atoms with Gasteiger partial charge in [-0.2, -0.15) is 0 Å². The average molecular weight is 166 g/mol. The Balaban J connectivity index is 2.26. The summed E-state index contributed by atoms with van der Waals surface area (Å²) < 4.78 is 10.6. The Morgan fingerprint density at radius 1 is 1.08 bits per heavy atom. The number of rotatable bonds is 0. The fraction of sp³-hybridized carbons (Fsp3) is 0.333. The van der Waals surface area contributed by atoms with Gasteiger partial charge in [-0.25, -0.2) is 0 Å². The molecule has 0 aromatic heterocycles. The second-order valence-corrected chi connectivity index (χ2v) is 2.72. The molecule has 0 amide bonds. The molecule has 0 aliphatic carbocycles. The van der Waals surface area contributed by atoms with E-state index in [0.29, 0.717) is 24.7 Å². The Hall–Kier alpha value is -1.22. The van der Waals surface area contributed by atoms with Crippen molar-refractivity contribution in [1.29, 1.82) is 0 Å². The van der Waals surface area contributed by atoms with Gasteiger partial charge in [0, 0.05) is 0 Å². The summed E-state index contributed by atoms with van der Waals surface area (Å²) in [6.07, 6.45) is -0.530. The Morgan fingerprint density at radius 2 is 1.58 bits per heavy atom. The number of hydrogen-bond acceptors (Lipinski definition) is 3. The fourth-order valence-electron chi connectivity index (χ4n) is 1.11. The molecule has 1 aliphatic heterocycles. The summed E-state index contributed by atoms with van der Waals surface area (Å²) in [6, 6.07) is 7.40. The van der Waals surface area contributed by atoms with Gasteiger partial charge < -0.3 is 14.6 Å². The van der Waals surface area contributed by atoms with E-state index >= 15 is 0 Å². The molecule has 1 heterocycles. The van der Waals surface area contributed by atoms with Crippen molar-refractivity contribution in [2.75, 3.05) is 13.2 Å². The lowest BCUT2D eigenvalue weighted by atomic mass is 10.3. The van der Waals surface area contributed by atoms with Gasteiger partial charge in [0.2, 0.25) is 0 Å². The standard InChI is InChI=1S/C9H10O3/c10-7-5-11-8-3-1-2-4-9(8)12-6-7/h1-4,7,10H,5-6H2. The molecule has 0 bridgehead atoms. The lowest BCUT2D eigenvalue weighted by Gasteiger charge is -2.04. The molecular formula is C9H10O3. The van der Waals surface area contributed by atoms with Crippen molar-refractivity contribution in [2.45, 2.75) is 6.10 Å². The van der Waals surface area contributed by atoms with Crippen LogP contribution in [0.3, 0.4) is 0 Å². The predicted octanol–water partition coefficient (Wildman–Crippen LogP) is 0.819. The predicted molar refractivity (Wildman–Crippen MR) is 43.4 cm³/mol. The van der Waals surface area contributed by atoms with Gasteiger partial charge in [-0.05, 0) is 12.1 Å².